The molecular formula is C15H14ClFO. The molecule has 1 unspecified atom stereocenters. The summed E-state index contributed by atoms with van der Waals surface area (Å²) in [5, 5.41) is 10.8. The van der Waals surface area contributed by atoms with Gasteiger partial charge in [0, 0.05) is 10.6 Å². The van der Waals surface area contributed by atoms with Gasteiger partial charge in [0.2, 0.25) is 0 Å². The lowest BCUT2D eigenvalue weighted by Gasteiger charge is -2.16. The van der Waals surface area contributed by atoms with E-state index in [1.165, 1.54) is 6.07 Å². The van der Waals surface area contributed by atoms with E-state index in [0.717, 1.165) is 11.1 Å². The predicted octanol–water partition coefficient (Wildman–Crippen LogP) is 4.18. The molecule has 0 fully saturated rings. The zero-order valence-electron chi connectivity index (χ0n) is 10.2. The Kier molecular flexibility index (Phi) is 3.69. The fourth-order valence-corrected chi connectivity index (χ4v) is 2.32. The number of aryl methyl sites for hydroxylation is 2. The zero-order valence-corrected chi connectivity index (χ0v) is 11.0. The first kappa shape index (κ1) is 13.1. The monoisotopic (exact) mass is 264 g/mol. The second-order valence-corrected chi connectivity index (χ2v) is 4.87. The Hall–Kier alpha value is -1.38. The van der Waals surface area contributed by atoms with Crippen LogP contribution in [0.3, 0.4) is 0 Å². The molecule has 2 rings (SSSR count). The molecule has 0 saturated carbocycles. The fourth-order valence-electron chi connectivity index (χ4n) is 2.12. The number of rotatable bonds is 2. The van der Waals surface area contributed by atoms with Crippen molar-refractivity contribution >= 4 is 11.6 Å². The maximum Gasteiger partial charge on any atom is 0.129 e. The lowest BCUT2D eigenvalue weighted by molar-refractivity contribution is 0.214. The van der Waals surface area contributed by atoms with Crippen LogP contribution in [0.4, 0.5) is 4.39 Å². The summed E-state index contributed by atoms with van der Waals surface area (Å²) in [4.78, 5) is 0. The lowest BCUT2D eigenvalue weighted by Crippen LogP contribution is -2.05. The standard InChI is InChI=1S/C15H14ClFO/c1-9-6-10(2)14(13(17)7-9)15(18)11-4-3-5-12(16)8-11/h3-8,15,18H,1-2H3. The number of hydrogen-bond donors (Lipinski definition) is 1. The van der Waals surface area contributed by atoms with Crippen molar-refractivity contribution < 1.29 is 9.50 Å². The minimum Gasteiger partial charge on any atom is -0.384 e. The van der Waals surface area contributed by atoms with Crippen molar-refractivity contribution in [1.82, 2.24) is 0 Å². The zero-order chi connectivity index (χ0) is 13.3. The first-order valence-corrected chi connectivity index (χ1v) is 6.07. The molecule has 0 aliphatic heterocycles. The minimum absolute atomic E-state index is 0.308. The van der Waals surface area contributed by atoms with E-state index in [0.29, 0.717) is 16.1 Å². The Morgan fingerprint density at radius 2 is 1.89 bits per heavy atom. The van der Waals surface area contributed by atoms with Crippen LogP contribution in [0, 0.1) is 19.7 Å². The van der Waals surface area contributed by atoms with Gasteiger partial charge >= 0.3 is 0 Å². The van der Waals surface area contributed by atoms with Crippen LogP contribution >= 0.6 is 11.6 Å². The van der Waals surface area contributed by atoms with Crippen molar-refractivity contribution in [1.29, 1.82) is 0 Å². The molecule has 0 aliphatic rings. The summed E-state index contributed by atoms with van der Waals surface area (Å²) in [6, 6.07) is 10.1. The molecule has 0 aliphatic carbocycles. The lowest BCUT2D eigenvalue weighted by atomic mass is 9.95. The summed E-state index contributed by atoms with van der Waals surface area (Å²) in [5.41, 5.74) is 2.48. The molecule has 0 bridgehead atoms. The van der Waals surface area contributed by atoms with Gasteiger partial charge in [0.15, 0.2) is 0 Å². The maximum atomic E-state index is 14.0. The van der Waals surface area contributed by atoms with Gasteiger partial charge < -0.3 is 5.11 Å². The third kappa shape index (κ3) is 2.55. The molecule has 0 heterocycles. The molecule has 1 N–H and O–H groups in total. The molecule has 1 atom stereocenters. The minimum atomic E-state index is -0.996. The highest BCUT2D eigenvalue weighted by Gasteiger charge is 2.18. The predicted molar refractivity (Wildman–Crippen MR) is 71.4 cm³/mol. The average Bonchev–Trinajstić information content (AvgIpc) is 2.27. The van der Waals surface area contributed by atoms with Crippen LogP contribution in [0.2, 0.25) is 5.02 Å². The van der Waals surface area contributed by atoms with E-state index in [4.69, 9.17) is 11.6 Å². The Bertz CT molecular complexity index is 557. The van der Waals surface area contributed by atoms with Gasteiger partial charge in [0.1, 0.15) is 11.9 Å². The van der Waals surface area contributed by atoms with Crippen molar-refractivity contribution in [3.63, 3.8) is 0 Å². The maximum absolute atomic E-state index is 14.0. The van der Waals surface area contributed by atoms with Crippen LogP contribution in [0.25, 0.3) is 0 Å². The fraction of sp³-hybridized carbons (Fsp3) is 0.200. The van der Waals surface area contributed by atoms with E-state index in [1.54, 1.807) is 31.2 Å². The van der Waals surface area contributed by atoms with Crippen molar-refractivity contribution in [2.24, 2.45) is 0 Å². The van der Waals surface area contributed by atoms with Gasteiger partial charge in [-0.3, -0.25) is 0 Å². The largest absolute Gasteiger partial charge is 0.384 e. The Morgan fingerprint density at radius 3 is 2.50 bits per heavy atom. The molecular weight excluding hydrogens is 251 g/mol. The van der Waals surface area contributed by atoms with E-state index >= 15 is 0 Å². The van der Waals surface area contributed by atoms with Gasteiger partial charge in [-0.1, -0.05) is 29.8 Å². The molecule has 0 amide bonds. The van der Waals surface area contributed by atoms with Crippen LogP contribution in [-0.4, -0.2) is 5.11 Å². The molecule has 1 nitrogen and oxygen atoms in total. The van der Waals surface area contributed by atoms with Crippen LogP contribution in [-0.2, 0) is 0 Å². The topological polar surface area (TPSA) is 20.2 Å². The SMILES string of the molecule is Cc1cc(C)c(C(O)c2cccc(Cl)c2)c(F)c1. The summed E-state index contributed by atoms with van der Waals surface area (Å²) in [6.07, 6.45) is -0.996. The van der Waals surface area contributed by atoms with E-state index in [1.807, 2.05) is 13.0 Å². The van der Waals surface area contributed by atoms with Crippen molar-refractivity contribution in [2.45, 2.75) is 20.0 Å². The average molecular weight is 265 g/mol. The molecule has 0 spiro atoms. The smallest absolute Gasteiger partial charge is 0.129 e. The van der Waals surface area contributed by atoms with Crippen LogP contribution < -0.4 is 0 Å². The molecule has 18 heavy (non-hydrogen) atoms. The third-order valence-corrected chi connectivity index (χ3v) is 3.15. The Labute approximate surface area is 111 Å². The highest BCUT2D eigenvalue weighted by Crippen LogP contribution is 2.29. The highest BCUT2D eigenvalue weighted by atomic mass is 35.5. The van der Waals surface area contributed by atoms with Gasteiger partial charge in [0.05, 0.1) is 0 Å². The Morgan fingerprint density at radius 1 is 1.17 bits per heavy atom. The number of halogens is 2. The second-order valence-electron chi connectivity index (χ2n) is 4.43. The summed E-state index contributed by atoms with van der Waals surface area (Å²) in [5.74, 6) is -0.389. The summed E-state index contributed by atoms with van der Waals surface area (Å²) < 4.78 is 14.0. The van der Waals surface area contributed by atoms with Crippen LogP contribution in [0.1, 0.15) is 28.4 Å². The molecule has 94 valence electrons. The molecule has 2 aromatic carbocycles. The highest BCUT2D eigenvalue weighted by molar-refractivity contribution is 6.30. The van der Waals surface area contributed by atoms with Gasteiger partial charge in [-0.25, -0.2) is 4.39 Å². The first-order chi connectivity index (χ1) is 8.49. The normalized spacial score (nSPS) is 12.5. The number of benzene rings is 2. The first-order valence-electron chi connectivity index (χ1n) is 5.69. The molecule has 3 heteroatoms. The summed E-state index contributed by atoms with van der Waals surface area (Å²) in [6.45, 7) is 3.62. The van der Waals surface area contributed by atoms with E-state index in [-0.39, 0.29) is 5.82 Å². The summed E-state index contributed by atoms with van der Waals surface area (Å²) in [7, 11) is 0. The quantitative estimate of drug-likeness (QED) is 0.863. The van der Waals surface area contributed by atoms with Gasteiger partial charge in [-0.15, -0.1) is 0 Å². The summed E-state index contributed by atoms with van der Waals surface area (Å²) >= 11 is 5.88. The van der Waals surface area contributed by atoms with Crippen LogP contribution in [0.15, 0.2) is 36.4 Å². The van der Waals surface area contributed by atoms with E-state index < -0.39 is 6.10 Å². The third-order valence-electron chi connectivity index (χ3n) is 2.92. The Balaban J connectivity index is 2.49. The van der Waals surface area contributed by atoms with Gasteiger partial charge in [0.25, 0.3) is 0 Å². The van der Waals surface area contributed by atoms with Crippen molar-refractivity contribution in [3.05, 3.63) is 69.5 Å². The molecule has 2 aromatic rings. The van der Waals surface area contributed by atoms with Gasteiger partial charge in [-0.05, 0) is 48.7 Å². The van der Waals surface area contributed by atoms with E-state index in [9.17, 15) is 9.50 Å². The van der Waals surface area contributed by atoms with Crippen LogP contribution in [0.5, 0.6) is 0 Å². The van der Waals surface area contributed by atoms with Crippen molar-refractivity contribution in [3.8, 4) is 0 Å². The number of aliphatic hydroxyl groups is 1. The molecule has 0 saturated heterocycles. The second kappa shape index (κ2) is 5.09. The van der Waals surface area contributed by atoms with Crippen molar-refractivity contribution in [2.75, 3.05) is 0 Å². The molecule has 0 aromatic heterocycles. The molecule has 0 radical (unpaired) electrons. The number of hydrogen-bond acceptors (Lipinski definition) is 1. The number of aliphatic hydroxyl groups excluding tert-OH is 1. The van der Waals surface area contributed by atoms with Gasteiger partial charge in [-0.2, -0.15) is 0 Å². The van der Waals surface area contributed by atoms with E-state index in [2.05, 4.69) is 0 Å².